The zero-order valence-corrected chi connectivity index (χ0v) is 32.8. The molecule has 0 radical (unpaired) electrons. The monoisotopic (exact) mass is 756 g/mol. The highest BCUT2D eigenvalue weighted by Gasteiger charge is 2.43. The normalized spacial score (nSPS) is 13.4. The van der Waals surface area contributed by atoms with Gasteiger partial charge >= 0.3 is 11.9 Å². The van der Waals surface area contributed by atoms with E-state index in [1.165, 1.54) is 77.9 Å². The van der Waals surface area contributed by atoms with Gasteiger partial charge in [0.2, 0.25) is 0 Å². The maximum Gasteiger partial charge on any atom is 0.330 e. The summed E-state index contributed by atoms with van der Waals surface area (Å²) in [6.07, 6.45) is 7.11. The number of esters is 2. The summed E-state index contributed by atoms with van der Waals surface area (Å²) in [6.45, 7) is 14.5. The molecule has 0 fully saturated rings. The summed E-state index contributed by atoms with van der Waals surface area (Å²) < 4.78 is 10.7. The number of halogens is 2. The van der Waals surface area contributed by atoms with Crippen LogP contribution in [0.3, 0.4) is 0 Å². The van der Waals surface area contributed by atoms with Gasteiger partial charge in [0.25, 0.3) is 0 Å². The van der Waals surface area contributed by atoms with Crippen molar-refractivity contribution in [3.63, 3.8) is 0 Å². The largest absolute Gasteiger partial charge is 0.463 e. The molecule has 0 spiro atoms. The van der Waals surface area contributed by atoms with Crippen LogP contribution in [0.15, 0.2) is 110 Å². The van der Waals surface area contributed by atoms with Crippen LogP contribution in [-0.2, 0) is 29.9 Å². The van der Waals surface area contributed by atoms with Crippen molar-refractivity contribution in [2.75, 3.05) is 13.2 Å². The van der Waals surface area contributed by atoms with Crippen LogP contribution < -0.4 is 0 Å². The lowest BCUT2D eigenvalue weighted by Gasteiger charge is -2.33. The first kappa shape index (κ1) is 37.7. The Kier molecular flexibility index (Phi) is 10.6. The van der Waals surface area contributed by atoms with E-state index in [4.69, 9.17) is 32.7 Å². The fourth-order valence-electron chi connectivity index (χ4n) is 8.50. The van der Waals surface area contributed by atoms with Crippen LogP contribution in [0.5, 0.6) is 0 Å². The van der Waals surface area contributed by atoms with Crippen LogP contribution in [-0.4, -0.2) is 25.2 Å². The van der Waals surface area contributed by atoms with Crippen molar-refractivity contribution in [2.24, 2.45) is 0 Å². The Morgan fingerprint density at radius 3 is 1.80 bits per heavy atom. The molecule has 0 unspecified atom stereocenters. The molecule has 1 aliphatic rings. The van der Waals surface area contributed by atoms with E-state index in [0.29, 0.717) is 26.1 Å². The summed E-state index contributed by atoms with van der Waals surface area (Å²) in [5.74, 6) is -0.828. The van der Waals surface area contributed by atoms with Gasteiger partial charge in [0, 0.05) is 17.6 Å². The summed E-state index contributed by atoms with van der Waals surface area (Å²) in [5.41, 5.74) is 9.05. The van der Waals surface area contributed by atoms with Crippen molar-refractivity contribution in [2.45, 2.75) is 75.0 Å². The first-order valence-electron chi connectivity index (χ1n) is 18.8. The van der Waals surface area contributed by atoms with Crippen molar-refractivity contribution in [1.82, 2.24) is 0 Å². The fourth-order valence-corrected chi connectivity index (χ4v) is 8.78. The highest BCUT2D eigenvalue weighted by Crippen LogP contribution is 2.56. The van der Waals surface area contributed by atoms with E-state index in [1.807, 2.05) is 6.07 Å². The molecule has 0 amide bonds. The average molecular weight is 758 g/mol. The van der Waals surface area contributed by atoms with Gasteiger partial charge in [-0.25, -0.2) is 9.59 Å². The predicted octanol–water partition coefficient (Wildman–Crippen LogP) is 13.1. The van der Waals surface area contributed by atoms with E-state index in [9.17, 15) is 9.59 Å². The van der Waals surface area contributed by atoms with E-state index in [2.05, 4.69) is 113 Å². The Bertz CT molecular complexity index is 2350. The summed E-state index contributed by atoms with van der Waals surface area (Å²) in [6, 6.07) is 31.6. The average Bonchev–Trinajstić information content (AvgIpc) is 3.43. The number of ether oxygens (including phenoxy) is 2. The zero-order valence-electron chi connectivity index (χ0n) is 31.3. The van der Waals surface area contributed by atoms with Crippen LogP contribution in [0, 0.1) is 0 Å². The van der Waals surface area contributed by atoms with Crippen molar-refractivity contribution in [3.8, 4) is 22.3 Å². The SMILES string of the molecule is C=CC(=O)OCCCCC1(CCCCOC(=O)C=C)c2cc(-c3ccc4ccc5cc(C(C)(C)C)cc6ccc3c4c56)ccc2-c2ccc(C(Cl)Cl)cc21. The van der Waals surface area contributed by atoms with Crippen molar-refractivity contribution >= 4 is 67.5 Å². The Morgan fingerprint density at radius 2 is 1.20 bits per heavy atom. The first-order chi connectivity index (χ1) is 25.9. The fraction of sp³-hybridized carbons (Fsp3) is 0.292. The minimum Gasteiger partial charge on any atom is -0.463 e. The number of fused-ring (bicyclic) bond motifs is 3. The first-order valence-corrected chi connectivity index (χ1v) is 19.7. The van der Waals surface area contributed by atoms with Gasteiger partial charge < -0.3 is 9.47 Å². The number of alkyl halides is 2. The van der Waals surface area contributed by atoms with Crippen molar-refractivity contribution in [3.05, 3.63) is 132 Å². The maximum absolute atomic E-state index is 11.8. The Hall–Kier alpha value is -4.64. The Balaban J connectivity index is 1.35. The van der Waals surface area contributed by atoms with Crippen molar-refractivity contribution in [1.29, 1.82) is 0 Å². The van der Waals surface area contributed by atoms with Crippen LogP contribution in [0.25, 0.3) is 54.6 Å². The molecule has 0 bridgehead atoms. The van der Waals surface area contributed by atoms with E-state index in [1.54, 1.807) is 0 Å². The molecule has 276 valence electrons. The molecule has 6 heteroatoms. The molecule has 0 saturated carbocycles. The van der Waals surface area contributed by atoms with E-state index >= 15 is 0 Å². The molecule has 0 saturated heterocycles. The van der Waals surface area contributed by atoms with Crippen LogP contribution in [0.4, 0.5) is 0 Å². The Morgan fingerprint density at radius 1 is 0.667 bits per heavy atom. The molecular weight excluding hydrogens is 711 g/mol. The lowest BCUT2D eigenvalue weighted by molar-refractivity contribution is -0.138. The van der Waals surface area contributed by atoms with Crippen LogP contribution in [0.1, 0.15) is 86.4 Å². The molecule has 0 heterocycles. The zero-order chi connectivity index (χ0) is 38.2. The molecule has 0 aliphatic heterocycles. The van der Waals surface area contributed by atoms with Gasteiger partial charge in [-0.2, -0.15) is 0 Å². The van der Waals surface area contributed by atoms with Gasteiger partial charge in [0.05, 0.1) is 13.2 Å². The van der Waals surface area contributed by atoms with Gasteiger partial charge in [-0.15, -0.1) is 23.2 Å². The molecule has 7 rings (SSSR count). The summed E-state index contributed by atoms with van der Waals surface area (Å²) >= 11 is 13.0. The van der Waals surface area contributed by atoms with Gasteiger partial charge in [0.1, 0.15) is 4.84 Å². The number of hydrogen-bond donors (Lipinski definition) is 0. The lowest BCUT2D eigenvalue weighted by atomic mass is 9.70. The number of benzene rings is 6. The topological polar surface area (TPSA) is 52.6 Å². The lowest BCUT2D eigenvalue weighted by Crippen LogP contribution is -2.26. The number of rotatable bonds is 14. The predicted molar refractivity (Wildman–Crippen MR) is 225 cm³/mol. The Labute approximate surface area is 328 Å². The molecule has 0 N–H and O–H groups in total. The second kappa shape index (κ2) is 15.2. The van der Waals surface area contributed by atoms with E-state index < -0.39 is 16.8 Å². The molecule has 0 aromatic heterocycles. The summed E-state index contributed by atoms with van der Waals surface area (Å²) in [4.78, 5) is 23.0. The highest BCUT2D eigenvalue weighted by molar-refractivity contribution is 6.44. The third-order valence-electron chi connectivity index (χ3n) is 11.2. The molecule has 0 atom stereocenters. The van der Waals surface area contributed by atoms with E-state index in [-0.39, 0.29) is 10.8 Å². The molecule has 1 aliphatic carbocycles. The second-order valence-electron chi connectivity index (χ2n) is 15.5. The summed E-state index contributed by atoms with van der Waals surface area (Å²) in [5, 5.41) is 7.60. The van der Waals surface area contributed by atoms with Gasteiger partial charge in [-0.05, 0) is 127 Å². The summed E-state index contributed by atoms with van der Waals surface area (Å²) in [7, 11) is 0. The molecule has 6 aromatic rings. The molecule has 6 aromatic carbocycles. The highest BCUT2D eigenvalue weighted by atomic mass is 35.5. The minimum atomic E-state index is -0.666. The third-order valence-corrected chi connectivity index (χ3v) is 11.7. The number of carbonyl (C=O) groups is 2. The van der Waals surface area contributed by atoms with Gasteiger partial charge in [-0.3, -0.25) is 0 Å². The maximum atomic E-state index is 11.8. The quantitative estimate of drug-likeness (QED) is 0.0365. The molecular formula is C48H46Cl2O4. The minimum absolute atomic E-state index is 0.0470. The number of carbonyl (C=O) groups excluding carboxylic acids is 2. The van der Waals surface area contributed by atoms with Crippen molar-refractivity contribution < 1.29 is 19.1 Å². The smallest absolute Gasteiger partial charge is 0.330 e. The number of hydrogen-bond acceptors (Lipinski definition) is 4. The van der Waals surface area contributed by atoms with Gasteiger partial charge in [0.15, 0.2) is 0 Å². The standard InChI is InChI=1S/C48H46Cl2O4/c1-6-42(51)53-24-10-8-22-48(23-9-11-25-54-43(52)7-2)40-28-31(15-19-37(40)38-20-17-34(46(49)50)29-41(38)48)36-18-14-30-12-13-32-26-35(47(3,4)5)27-33-16-21-39(36)45(30)44(32)33/h6-7,12-21,26-29,46H,1-2,8-11,22-25H2,3-5H3. The molecule has 4 nitrogen and oxygen atoms in total. The van der Waals surface area contributed by atoms with E-state index in [0.717, 1.165) is 36.8 Å². The van der Waals surface area contributed by atoms with Crippen LogP contribution >= 0.6 is 23.2 Å². The van der Waals surface area contributed by atoms with Crippen LogP contribution in [0.2, 0.25) is 0 Å². The molecule has 54 heavy (non-hydrogen) atoms. The number of unbranched alkanes of at least 4 members (excludes halogenated alkanes) is 2. The van der Waals surface area contributed by atoms with Gasteiger partial charge in [-0.1, -0.05) is 113 Å². The second-order valence-corrected chi connectivity index (χ2v) is 16.6. The third kappa shape index (κ3) is 7.03.